The Balaban J connectivity index is 1.84. The molecule has 4 nitrogen and oxygen atoms in total. The van der Waals surface area contributed by atoms with Crippen LogP contribution in [-0.2, 0) is 18.4 Å². The summed E-state index contributed by atoms with van der Waals surface area (Å²) in [6.45, 7) is 6.75. The summed E-state index contributed by atoms with van der Waals surface area (Å²) in [5.41, 5.74) is 6.82. The van der Waals surface area contributed by atoms with Gasteiger partial charge in [-0.3, -0.25) is 9.48 Å². The van der Waals surface area contributed by atoms with E-state index >= 15 is 0 Å². The molecule has 146 valence electrons. The number of carbonyl (C=O) groups excluding carboxylic acids is 1. The Morgan fingerprint density at radius 3 is 2.29 bits per heavy atom. The summed E-state index contributed by atoms with van der Waals surface area (Å²) in [7, 11) is 3.82. The van der Waals surface area contributed by atoms with Crippen LogP contribution in [0.2, 0.25) is 0 Å². The van der Waals surface area contributed by atoms with Crippen LogP contribution in [0.25, 0.3) is 0 Å². The number of benzene rings is 2. The van der Waals surface area contributed by atoms with Gasteiger partial charge in [-0.15, -0.1) is 0 Å². The molecular weight excluding hydrogens is 346 g/mol. The van der Waals surface area contributed by atoms with Crippen molar-refractivity contribution in [1.29, 1.82) is 0 Å². The molecule has 1 amide bonds. The van der Waals surface area contributed by atoms with E-state index in [-0.39, 0.29) is 11.8 Å². The zero-order chi connectivity index (χ0) is 20.3. The van der Waals surface area contributed by atoms with Crippen LogP contribution in [0.4, 0.5) is 0 Å². The van der Waals surface area contributed by atoms with Gasteiger partial charge in [-0.25, -0.2) is 0 Å². The zero-order valence-corrected chi connectivity index (χ0v) is 17.4. The maximum Gasteiger partial charge on any atom is 0.223 e. The molecule has 0 bridgehead atoms. The maximum absolute atomic E-state index is 13.1. The fourth-order valence-electron chi connectivity index (χ4n) is 3.77. The van der Waals surface area contributed by atoms with E-state index in [2.05, 4.69) is 42.4 Å². The summed E-state index contributed by atoms with van der Waals surface area (Å²) >= 11 is 0. The molecule has 0 N–H and O–H groups in total. The number of aromatic nitrogens is 2. The van der Waals surface area contributed by atoms with Crippen LogP contribution in [0.5, 0.6) is 0 Å². The Morgan fingerprint density at radius 2 is 1.68 bits per heavy atom. The van der Waals surface area contributed by atoms with Crippen LogP contribution in [0.1, 0.15) is 46.0 Å². The minimum absolute atomic E-state index is 0.0495. The molecule has 0 aliphatic rings. The number of carbonyl (C=O) groups is 1. The highest BCUT2D eigenvalue weighted by molar-refractivity contribution is 5.77. The summed E-state index contributed by atoms with van der Waals surface area (Å²) in [5.74, 6) is 0.188. The van der Waals surface area contributed by atoms with Crippen molar-refractivity contribution in [2.24, 2.45) is 7.05 Å². The Kier molecular flexibility index (Phi) is 5.98. The standard InChI is InChI=1S/C24H29N3O/c1-17-11-9-10-14-21(17)22(20-12-7-6-8-13-20)15-24(28)26(4)16-23-18(2)25-27(5)19(23)3/h6-14,22H,15-16H2,1-5H3/t22-/m0/s1. The van der Waals surface area contributed by atoms with Gasteiger partial charge < -0.3 is 4.90 Å². The highest BCUT2D eigenvalue weighted by atomic mass is 16.2. The molecule has 3 rings (SSSR count). The topological polar surface area (TPSA) is 38.1 Å². The predicted molar refractivity (Wildman–Crippen MR) is 113 cm³/mol. The van der Waals surface area contributed by atoms with Crippen LogP contribution in [0.15, 0.2) is 54.6 Å². The Hall–Kier alpha value is -2.88. The summed E-state index contributed by atoms with van der Waals surface area (Å²) in [6.07, 6.45) is 0.448. The maximum atomic E-state index is 13.1. The molecule has 4 heteroatoms. The third kappa shape index (κ3) is 4.16. The Labute approximate surface area is 167 Å². The second-order valence-corrected chi connectivity index (χ2v) is 7.55. The second-order valence-electron chi connectivity index (χ2n) is 7.55. The van der Waals surface area contributed by atoms with Gasteiger partial charge in [0.25, 0.3) is 0 Å². The van der Waals surface area contributed by atoms with E-state index in [1.54, 1.807) is 0 Å². The van der Waals surface area contributed by atoms with Crippen molar-refractivity contribution in [3.63, 3.8) is 0 Å². The van der Waals surface area contributed by atoms with E-state index in [1.165, 1.54) is 16.7 Å². The lowest BCUT2D eigenvalue weighted by molar-refractivity contribution is -0.130. The minimum Gasteiger partial charge on any atom is -0.341 e. The van der Waals surface area contributed by atoms with Gasteiger partial charge in [-0.2, -0.15) is 5.10 Å². The third-order valence-corrected chi connectivity index (χ3v) is 5.62. The molecule has 0 spiro atoms. The number of hydrogen-bond acceptors (Lipinski definition) is 2. The molecule has 0 aliphatic carbocycles. The lowest BCUT2D eigenvalue weighted by atomic mass is 9.85. The second kappa shape index (κ2) is 8.42. The Bertz CT molecular complexity index is 959. The van der Waals surface area contributed by atoms with Crippen LogP contribution in [0, 0.1) is 20.8 Å². The van der Waals surface area contributed by atoms with Crippen molar-refractivity contribution in [3.8, 4) is 0 Å². The quantitative estimate of drug-likeness (QED) is 0.635. The van der Waals surface area contributed by atoms with Crippen molar-refractivity contribution in [1.82, 2.24) is 14.7 Å². The smallest absolute Gasteiger partial charge is 0.223 e. The molecule has 0 fully saturated rings. The first-order valence-electron chi connectivity index (χ1n) is 9.72. The number of aryl methyl sites for hydroxylation is 3. The zero-order valence-electron chi connectivity index (χ0n) is 17.4. The number of amides is 1. The van der Waals surface area contributed by atoms with E-state index in [0.717, 1.165) is 17.0 Å². The Morgan fingerprint density at radius 1 is 1.04 bits per heavy atom. The van der Waals surface area contributed by atoms with Crippen LogP contribution < -0.4 is 0 Å². The van der Waals surface area contributed by atoms with Crippen molar-refractivity contribution in [3.05, 3.63) is 88.2 Å². The summed E-state index contributed by atoms with van der Waals surface area (Å²) in [4.78, 5) is 15.0. The van der Waals surface area contributed by atoms with Crippen molar-refractivity contribution in [2.75, 3.05) is 7.05 Å². The lowest BCUT2D eigenvalue weighted by Crippen LogP contribution is -2.28. The van der Waals surface area contributed by atoms with E-state index in [0.29, 0.717) is 13.0 Å². The van der Waals surface area contributed by atoms with Gasteiger partial charge in [0, 0.05) is 44.2 Å². The molecule has 0 radical (unpaired) electrons. The summed E-state index contributed by atoms with van der Waals surface area (Å²) in [5, 5.41) is 4.47. The van der Waals surface area contributed by atoms with Gasteiger partial charge in [0.1, 0.15) is 0 Å². The van der Waals surface area contributed by atoms with Gasteiger partial charge in [0.2, 0.25) is 5.91 Å². The van der Waals surface area contributed by atoms with E-state index in [4.69, 9.17) is 0 Å². The first-order valence-corrected chi connectivity index (χ1v) is 9.72. The summed E-state index contributed by atoms with van der Waals surface area (Å²) < 4.78 is 1.88. The van der Waals surface area contributed by atoms with Crippen LogP contribution >= 0.6 is 0 Å². The number of hydrogen-bond donors (Lipinski definition) is 0. The van der Waals surface area contributed by atoms with Crippen molar-refractivity contribution in [2.45, 2.75) is 39.7 Å². The van der Waals surface area contributed by atoms with Crippen molar-refractivity contribution < 1.29 is 4.79 Å². The van der Waals surface area contributed by atoms with E-state index in [1.807, 2.05) is 61.8 Å². The average molecular weight is 376 g/mol. The van der Waals surface area contributed by atoms with Gasteiger partial charge in [0.05, 0.1) is 5.69 Å². The molecular formula is C24H29N3O. The fraction of sp³-hybridized carbons (Fsp3) is 0.333. The molecule has 0 saturated carbocycles. The molecule has 2 aromatic carbocycles. The first kappa shape index (κ1) is 19.9. The average Bonchev–Trinajstić information content (AvgIpc) is 2.93. The molecule has 0 aliphatic heterocycles. The van der Waals surface area contributed by atoms with E-state index in [9.17, 15) is 4.79 Å². The SMILES string of the molecule is Cc1ccccc1[C@@H](CC(=O)N(C)Cc1c(C)nn(C)c1C)c1ccccc1. The molecule has 1 heterocycles. The van der Waals surface area contributed by atoms with Gasteiger partial charge in [0.15, 0.2) is 0 Å². The number of rotatable bonds is 6. The molecule has 3 aromatic rings. The largest absolute Gasteiger partial charge is 0.341 e. The molecule has 1 atom stereocenters. The first-order chi connectivity index (χ1) is 13.4. The predicted octanol–water partition coefficient (Wildman–Crippen LogP) is 4.53. The third-order valence-electron chi connectivity index (χ3n) is 5.62. The van der Waals surface area contributed by atoms with Crippen molar-refractivity contribution >= 4 is 5.91 Å². The van der Waals surface area contributed by atoms with E-state index < -0.39 is 0 Å². The van der Waals surface area contributed by atoms with Gasteiger partial charge >= 0.3 is 0 Å². The van der Waals surface area contributed by atoms with Gasteiger partial charge in [-0.1, -0.05) is 54.6 Å². The van der Waals surface area contributed by atoms with Crippen LogP contribution in [-0.4, -0.2) is 27.6 Å². The highest BCUT2D eigenvalue weighted by Crippen LogP contribution is 2.31. The normalized spacial score (nSPS) is 12.0. The molecule has 1 aromatic heterocycles. The molecule has 0 saturated heterocycles. The fourth-order valence-corrected chi connectivity index (χ4v) is 3.77. The van der Waals surface area contributed by atoms with Crippen LogP contribution in [0.3, 0.4) is 0 Å². The highest BCUT2D eigenvalue weighted by Gasteiger charge is 2.23. The van der Waals surface area contributed by atoms with Gasteiger partial charge in [-0.05, 0) is 37.5 Å². The molecule has 28 heavy (non-hydrogen) atoms. The monoisotopic (exact) mass is 375 g/mol. The minimum atomic E-state index is 0.0495. The summed E-state index contributed by atoms with van der Waals surface area (Å²) in [6, 6.07) is 18.7. The molecule has 0 unspecified atom stereocenters. The lowest BCUT2D eigenvalue weighted by Gasteiger charge is -2.24. The number of nitrogens with zero attached hydrogens (tertiary/aromatic N) is 3.